The van der Waals surface area contributed by atoms with Crippen LogP contribution in [0.25, 0.3) is 16.7 Å². The standard InChI is InChI=1S/C21H19N5O5/c1-29-17-10-14(11-18(30-2)19(17)31-3)23-21-22-12-13-8-9-25(20(13)24-21)15-6-4-5-7-16(15)26(27)28/h4-12H,1-3H3,(H,22,23,24). The van der Waals surface area contributed by atoms with Gasteiger partial charge in [0.05, 0.1) is 26.3 Å². The van der Waals surface area contributed by atoms with Gasteiger partial charge >= 0.3 is 0 Å². The summed E-state index contributed by atoms with van der Waals surface area (Å²) in [5, 5.41) is 15.3. The van der Waals surface area contributed by atoms with Crippen molar-refractivity contribution in [2.45, 2.75) is 0 Å². The lowest BCUT2D eigenvalue weighted by molar-refractivity contribution is -0.384. The zero-order valence-corrected chi connectivity index (χ0v) is 17.0. The fourth-order valence-corrected chi connectivity index (χ4v) is 3.28. The number of rotatable bonds is 7. The zero-order chi connectivity index (χ0) is 22.0. The minimum atomic E-state index is -0.419. The third-order valence-electron chi connectivity index (χ3n) is 4.69. The summed E-state index contributed by atoms with van der Waals surface area (Å²) in [4.78, 5) is 19.9. The van der Waals surface area contributed by atoms with E-state index in [1.807, 2.05) is 0 Å². The highest BCUT2D eigenvalue weighted by molar-refractivity contribution is 5.80. The Labute approximate surface area is 177 Å². The van der Waals surface area contributed by atoms with Crippen LogP contribution in [0.4, 0.5) is 17.3 Å². The largest absolute Gasteiger partial charge is 0.493 e. The van der Waals surface area contributed by atoms with Gasteiger partial charge in [0.25, 0.3) is 5.69 Å². The molecule has 0 saturated heterocycles. The molecule has 31 heavy (non-hydrogen) atoms. The number of nitro benzene ring substituents is 1. The Morgan fingerprint density at radius 1 is 1.03 bits per heavy atom. The number of anilines is 2. The summed E-state index contributed by atoms with van der Waals surface area (Å²) in [6.45, 7) is 0. The number of nitro groups is 1. The summed E-state index contributed by atoms with van der Waals surface area (Å²) in [5.41, 5.74) is 1.55. The zero-order valence-electron chi connectivity index (χ0n) is 17.0. The second kappa shape index (κ2) is 8.19. The Balaban J connectivity index is 1.76. The molecule has 4 aromatic rings. The molecule has 0 spiro atoms. The molecule has 0 fully saturated rings. The van der Waals surface area contributed by atoms with Crippen molar-refractivity contribution >= 4 is 28.4 Å². The number of aromatic nitrogens is 3. The van der Waals surface area contributed by atoms with E-state index in [0.717, 1.165) is 5.39 Å². The Morgan fingerprint density at radius 3 is 2.39 bits per heavy atom. The predicted molar refractivity (Wildman–Crippen MR) is 115 cm³/mol. The molecule has 0 bridgehead atoms. The Bertz CT molecular complexity index is 1250. The van der Waals surface area contributed by atoms with E-state index in [9.17, 15) is 10.1 Å². The molecule has 4 rings (SSSR count). The van der Waals surface area contributed by atoms with Gasteiger partial charge in [0.15, 0.2) is 11.5 Å². The van der Waals surface area contributed by atoms with Crippen LogP contribution in [0.3, 0.4) is 0 Å². The van der Waals surface area contributed by atoms with Crippen molar-refractivity contribution in [2.75, 3.05) is 26.6 Å². The summed E-state index contributed by atoms with van der Waals surface area (Å²) >= 11 is 0. The van der Waals surface area contributed by atoms with Gasteiger partial charge in [0.2, 0.25) is 11.7 Å². The van der Waals surface area contributed by atoms with Crippen molar-refractivity contribution in [1.29, 1.82) is 0 Å². The Hall–Kier alpha value is -4.34. The topological polar surface area (TPSA) is 114 Å². The smallest absolute Gasteiger partial charge is 0.293 e. The first-order valence-electron chi connectivity index (χ1n) is 9.20. The SMILES string of the molecule is COc1cc(Nc2ncc3ccn(-c4ccccc4[N+](=O)[O-])c3n2)cc(OC)c1OC. The highest BCUT2D eigenvalue weighted by Crippen LogP contribution is 2.40. The number of nitrogens with zero attached hydrogens (tertiary/aromatic N) is 4. The highest BCUT2D eigenvalue weighted by Gasteiger charge is 2.18. The maximum Gasteiger partial charge on any atom is 0.293 e. The number of para-hydroxylation sites is 2. The van der Waals surface area contributed by atoms with Crippen LogP contribution < -0.4 is 19.5 Å². The fourth-order valence-electron chi connectivity index (χ4n) is 3.28. The maximum atomic E-state index is 11.4. The van der Waals surface area contributed by atoms with Crippen LogP contribution in [0.5, 0.6) is 17.2 Å². The van der Waals surface area contributed by atoms with Crippen molar-refractivity contribution in [3.05, 3.63) is 65.0 Å². The minimum Gasteiger partial charge on any atom is -0.493 e. The molecule has 0 unspecified atom stereocenters. The lowest BCUT2D eigenvalue weighted by atomic mass is 10.2. The number of methoxy groups -OCH3 is 3. The first kappa shape index (κ1) is 20.0. The molecule has 0 amide bonds. The van der Waals surface area contributed by atoms with Crippen LogP contribution in [0.2, 0.25) is 0 Å². The van der Waals surface area contributed by atoms with Crippen LogP contribution >= 0.6 is 0 Å². The molecule has 10 heteroatoms. The van der Waals surface area contributed by atoms with Gasteiger partial charge in [-0.25, -0.2) is 4.98 Å². The molecular formula is C21H19N5O5. The summed E-state index contributed by atoms with van der Waals surface area (Å²) < 4.78 is 17.7. The molecule has 2 aromatic heterocycles. The van der Waals surface area contributed by atoms with Gasteiger partial charge in [-0.2, -0.15) is 4.98 Å². The summed E-state index contributed by atoms with van der Waals surface area (Å²) in [7, 11) is 4.59. The third-order valence-corrected chi connectivity index (χ3v) is 4.69. The molecule has 0 aliphatic carbocycles. The van der Waals surface area contributed by atoms with E-state index < -0.39 is 4.92 Å². The molecule has 0 aliphatic rings. The van der Waals surface area contributed by atoms with E-state index in [0.29, 0.717) is 40.2 Å². The molecular weight excluding hydrogens is 402 g/mol. The van der Waals surface area contributed by atoms with Crippen LogP contribution in [0.15, 0.2) is 54.9 Å². The Morgan fingerprint density at radius 2 is 1.74 bits per heavy atom. The Kier molecular flexibility index (Phi) is 5.27. The van der Waals surface area contributed by atoms with Gasteiger partial charge < -0.3 is 19.5 Å². The van der Waals surface area contributed by atoms with Crippen molar-refractivity contribution in [2.24, 2.45) is 0 Å². The second-order valence-electron chi connectivity index (χ2n) is 6.44. The second-order valence-corrected chi connectivity index (χ2v) is 6.44. The molecule has 0 radical (unpaired) electrons. The first-order valence-corrected chi connectivity index (χ1v) is 9.20. The number of ether oxygens (including phenoxy) is 3. The van der Waals surface area contributed by atoms with Crippen LogP contribution in [0, 0.1) is 10.1 Å². The summed E-state index contributed by atoms with van der Waals surface area (Å²) in [6, 6.07) is 11.8. The molecule has 0 atom stereocenters. The molecule has 2 aromatic carbocycles. The van der Waals surface area contributed by atoms with Gasteiger partial charge in [-0.15, -0.1) is 0 Å². The van der Waals surface area contributed by atoms with Gasteiger partial charge in [-0.1, -0.05) is 12.1 Å². The normalized spacial score (nSPS) is 10.7. The van der Waals surface area contributed by atoms with E-state index in [1.54, 1.807) is 53.4 Å². The lowest BCUT2D eigenvalue weighted by Gasteiger charge is -2.14. The van der Waals surface area contributed by atoms with Gasteiger partial charge in [-0.3, -0.25) is 14.7 Å². The molecule has 1 N–H and O–H groups in total. The van der Waals surface area contributed by atoms with E-state index in [2.05, 4.69) is 15.3 Å². The first-order chi connectivity index (χ1) is 15.0. The molecule has 10 nitrogen and oxygen atoms in total. The van der Waals surface area contributed by atoms with Gasteiger partial charge in [-0.05, 0) is 12.1 Å². The predicted octanol–water partition coefficient (Wildman–Crippen LogP) is 4.10. The number of hydrogen-bond donors (Lipinski definition) is 1. The molecule has 0 saturated carbocycles. The van der Waals surface area contributed by atoms with Crippen LogP contribution in [-0.2, 0) is 0 Å². The maximum absolute atomic E-state index is 11.4. The molecule has 0 aliphatic heterocycles. The average Bonchev–Trinajstić information content (AvgIpc) is 3.21. The van der Waals surface area contributed by atoms with E-state index in [4.69, 9.17) is 14.2 Å². The van der Waals surface area contributed by atoms with Gasteiger partial charge in [0, 0.05) is 41.7 Å². The molecule has 2 heterocycles. The molecule has 158 valence electrons. The van der Waals surface area contributed by atoms with Crippen molar-refractivity contribution < 1.29 is 19.1 Å². The van der Waals surface area contributed by atoms with Crippen molar-refractivity contribution in [3.8, 4) is 22.9 Å². The minimum absolute atomic E-state index is 0.0160. The third kappa shape index (κ3) is 3.66. The number of fused-ring (bicyclic) bond motifs is 1. The quantitative estimate of drug-likeness (QED) is 0.350. The summed E-state index contributed by atoms with van der Waals surface area (Å²) in [5.74, 6) is 1.74. The van der Waals surface area contributed by atoms with E-state index in [1.165, 1.54) is 27.4 Å². The number of hydrogen-bond acceptors (Lipinski definition) is 8. The van der Waals surface area contributed by atoms with E-state index >= 15 is 0 Å². The number of benzene rings is 2. The van der Waals surface area contributed by atoms with Crippen LogP contribution in [-0.4, -0.2) is 40.8 Å². The fraction of sp³-hybridized carbons (Fsp3) is 0.143. The summed E-state index contributed by atoms with van der Waals surface area (Å²) in [6.07, 6.45) is 3.37. The van der Waals surface area contributed by atoms with E-state index in [-0.39, 0.29) is 5.69 Å². The van der Waals surface area contributed by atoms with Crippen LogP contribution in [0.1, 0.15) is 0 Å². The average molecular weight is 421 g/mol. The van der Waals surface area contributed by atoms with Crippen molar-refractivity contribution in [1.82, 2.24) is 14.5 Å². The lowest BCUT2D eigenvalue weighted by Crippen LogP contribution is -2.03. The highest BCUT2D eigenvalue weighted by atomic mass is 16.6. The van der Waals surface area contributed by atoms with Gasteiger partial charge in [0.1, 0.15) is 11.3 Å². The van der Waals surface area contributed by atoms with Crippen molar-refractivity contribution in [3.63, 3.8) is 0 Å². The number of nitrogens with one attached hydrogen (secondary N) is 1. The monoisotopic (exact) mass is 421 g/mol.